The van der Waals surface area contributed by atoms with Crippen molar-refractivity contribution in [3.8, 4) is 0 Å². The molecule has 0 radical (unpaired) electrons. The van der Waals surface area contributed by atoms with Crippen LogP contribution < -0.4 is 10.5 Å². The van der Waals surface area contributed by atoms with E-state index in [1.165, 1.54) is 11.8 Å². The van der Waals surface area contributed by atoms with E-state index in [2.05, 4.69) is 4.72 Å². The molecule has 0 aliphatic rings. The Balaban J connectivity index is 2.48. The number of nitrogen functional groups attached to an aromatic ring is 1. The zero-order valence-corrected chi connectivity index (χ0v) is 13.7. The van der Waals surface area contributed by atoms with Gasteiger partial charge < -0.3 is 10.5 Å². The van der Waals surface area contributed by atoms with Gasteiger partial charge in [-0.25, -0.2) is 13.1 Å². The SMILES string of the molecule is COCC(C)(C)NS(=O)(=O)CCSc1cccc(N)c1. The monoisotopic (exact) mass is 318 g/mol. The predicted octanol–water partition coefficient (Wildman–Crippen LogP) is 1.71. The standard InChI is InChI=1S/C13H22N2O3S2/c1-13(2,10-18-3)15-20(16,17)8-7-19-12-6-4-5-11(14)9-12/h4-6,9,15H,7-8,10,14H2,1-3H3. The Bertz CT molecular complexity index is 530. The highest BCUT2D eigenvalue weighted by atomic mass is 32.2. The molecule has 0 aliphatic carbocycles. The van der Waals surface area contributed by atoms with Gasteiger partial charge in [0.05, 0.1) is 17.9 Å². The highest BCUT2D eigenvalue weighted by Gasteiger charge is 2.24. The first kappa shape index (κ1) is 17.3. The van der Waals surface area contributed by atoms with E-state index in [9.17, 15) is 8.42 Å². The Morgan fingerprint density at radius 2 is 2.10 bits per heavy atom. The summed E-state index contributed by atoms with van der Waals surface area (Å²) in [6.07, 6.45) is 0. The largest absolute Gasteiger partial charge is 0.399 e. The molecule has 1 aromatic carbocycles. The number of hydrogen-bond donors (Lipinski definition) is 2. The van der Waals surface area contributed by atoms with Gasteiger partial charge in [-0.05, 0) is 32.0 Å². The van der Waals surface area contributed by atoms with Crippen molar-refractivity contribution in [2.24, 2.45) is 0 Å². The van der Waals surface area contributed by atoms with Crippen LogP contribution in [0.1, 0.15) is 13.8 Å². The average Bonchev–Trinajstić information content (AvgIpc) is 2.26. The maximum atomic E-state index is 12.0. The summed E-state index contributed by atoms with van der Waals surface area (Å²) in [5, 5.41) is 0. The van der Waals surface area contributed by atoms with Crippen molar-refractivity contribution in [1.29, 1.82) is 0 Å². The Hall–Kier alpha value is -0.760. The first-order chi connectivity index (χ1) is 9.24. The van der Waals surface area contributed by atoms with Crippen molar-refractivity contribution >= 4 is 27.5 Å². The number of anilines is 1. The van der Waals surface area contributed by atoms with Crippen LogP contribution in [0.25, 0.3) is 0 Å². The second-order valence-corrected chi connectivity index (χ2v) is 8.17. The summed E-state index contributed by atoms with van der Waals surface area (Å²) in [5.41, 5.74) is 5.75. The van der Waals surface area contributed by atoms with Crippen LogP contribution in [0.5, 0.6) is 0 Å². The quantitative estimate of drug-likeness (QED) is 0.563. The molecule has 0 heterocycles. The van der Waals surface area contributed by atoms with Gasteiger partial charge in [0, 0.05) is 23.4 Å². The number of methoxy groups -OCH3 is 1. The zero-order chi connectivity index (χ0) is 15.2. The van der Waals surface area contributed by atoms with Gasteiger partial charge in [0.15, 0.2) is 0 Å². The van der Waals surface area contributed by atoms with E-state index in [1.54, 1.807) is 27.0 Å². The van der Waals surface area contributed by atoms with Crippen LogP contribution in [0, 0.1) is 0 Å². The first-order valence-electron chi connectivity index (χ1n) is 6.23. The molecule has 0 aliphatic heterocycles. The Morgan fingerprint density at radius 1 is 1.40 bits per heavy atom. The van der Waals surface area contributed by atoms with Gasteiger partial charge in [0.1, 0.15) is 0 Å². The van der Waals surface area contributed by atoms with Gasteiger partial charge in [-0.15, -0.1) is 11.8 Å². The summed E-state index contributed by atoms with van der Waals surface area (Å²) in [6, 6.07) is 7.40. The second-order valence-electron chi connectivity index (χ2n) is 5.16. The second kappa shape index (κ2) is 7.31. The van der Waals surface area contributed by atoms with Crippen molar-refractivity contribution in [3.05, 3.63) is 24.3 Å². The van der Waals surface area contributed by atoms with Gasteiger partial charge in [0.25, 0.3) is 0 Å². The van der Waals surface area contributed by atoms with Crippen molar-refractivity contribution in [2.75, 3.05) is 31.0 Å². The highest BCUT2D eigenvalue weighted by Crippen LogP contribution is 2.20. The average molecular weight is 318 g/mol. The molecule has 1 rings (SSSR count). The smallest absolute Gasteiger partial charge is 0.212 e. The summed E-state index contributed by atoms with van der Waals surface area (Å²) in [4.78, 5) is 0.969. The van der Waals surface area contributed by atoms with Gasteiger partial charge in [-0.3, -0.25) is 0 Å². The third kappa shape index (κ3) is 6.60. The van der Waals surface area contributed by atoms with Crippen molar-refractivity contribution in [3.63, 3.8) is 0 Å². The summed E-state index contributed by atoms with van der Waals surface area (Å²) in [5.74, 6) is 0.529. The number of sulfonamides is 1. The van der Waals surface area contributed by atoms with Crippen LogP contribution in [0.4, 0.5) is 5.69 Å². The summed E-state index contributed by atoms with van der Waals surface area (Å²) >= 11 is 1.47. The fourth-order valence-electron chi connectivity index (χ4n) is 1.74. The molecule has 0 saturated heterocycles. The normalized spacial score (nSPS) is 12.6. The molecule has 0 bridgehead atoms. The molecule has 0 aromatic heterocycles. The van der Waals surface area contributed by atoms with Crippen molar-refractivity contribution < 1.29 is 13.2 Å². The minimum Gasteiger partial charge on any atom is -0.399 e. The molecule has 0 atom stereocenters. The molecule has 1 aromatic rings. The van der Waals surface area contributed by atoms with Crippen LogP contribution in [-0.4, -0.2) is 39.2 Å². The highest BCUT2D eigenvalue weighted by molar-refractivity contribution is 8.00. The third-order valence-electron chi connectivity index (χ3n) is 2.42. The summed E-state index contributed by atoms with van der Waals surface area (Å²) < 4.78 is 31.6. The lowest BCUT2D eigenvalue weighted by atomic mass is 10.1. The molecule has 0 fully saturated rings. The fraction of sp³-hybridized carbons (Fsp3) is 0.538. The van der Waals surface area contributed by atoms with E-state index in [-0.39, 0.29) is 5.75 Å². The maximum absolute atomic E-state index is 12.0. The molecule has 114 valence electrons. The minimum atomic E-state index is -3.32. The molecule has 20 heavy (non-hydrogen) atoms. The van der Waals surface area contributed by atoms with E-state index in [0.717, 1.165) is 4.90 Å². The number of ether oxygens (including phenoxy) is 1. The zero-order valence-electron chi connectivity index (χ0n) is 12.0. The Labute approximate surface area is 125 Å². The van der Waals surface area contributed by atoms with Crippen LogP contribution in [0.3, 0.4) is 0 Å². The van der Waals surface area contributed by atoms with E-state index < -0.39 is 15.6 Å². The van der Waals surface area contributed by atoms with Crippen LogP contribution in [-0.2, 0) is 14.8 Å². The molecule has 0 unspecified atom stereocenters. The van der Waals surface area contributed by atoms with Gasteiger partial charge in [-0.1, -0.05) is 6.07 Å². The molecule has 0 saturated carbocycles. The molecule has 5 nitrogen and oxygen atoms in total. The number of hydrogen-bond acceptors (Lipinski definition) is 5. The molecular formula is C13H22N2O3S2. The van der Waals surface area contributed by atoms with Crippen LogP contribution in [0.15, 0.2) is 29.2 Å². The lowest BCUT2D eigenvalue weighted by molar-refractivity contribution is 0.141. The lowest BCUT2D eigenvalue weighted by Crippen LogP contribution is -2.47. The minimum absolute atomic E-state index is 0.0552. The summed E-state index contributed by atoms with van der Waals surface area (Å²) in [6.45, 7) is 3.91. The number of rotatable bonds is 8. The van der Waals surface area contributed by atoms with Crippen molar-refractivity contribution in [2.45, 2.75) is 24.3 Å². The number of benzene rings is 1. The van der Waals surface area contributed by atoms with Crippen LogP contribution >= 0.6 is 11.8 Å². The fourth-order valence-corrected chi connectivity index (χ4v) is 4.58. The van der Waals surface area contributed by atoms with Crippen molar-refractivity contribution in [1.82, 2.24) is 4.72 Å². The topological polar surface area (TPSA) is 81.4 Å². The predicted molar refractivity (Wildman–Crippen MR) is 84.5 cm³/mol. The molecular weight excluding hydrogens is 296 g/mol. The molecule has 7 heteroatoms. The molecule has 3 N–H and O–H groups in total. The molecule has 0 amide bonds. The molecule has 0 spiro atoms. The maximum Gasteiger partial charge on any atom is 0.212 e. The van der Waals surface area contributed by atoms with Crippen LogP contribution in [0.2, 0.25) is 0 Å². The number of thioether (sulfide) groups is 1. The first-order valence-corrected chi connectivity index (χ1v) is 8.87. The Morgan fingerprint density at radius 3 is 2.70 bits per heavy atom. The van der Waals surface area contributed by atoms with E-state index >= 15 is 0 Å². The third-order valence-corrected chi connectivity index (χ3v) is 5.27. The Kier molecular flexibility index (Phi) is 6.32. The van der Waals surface area contributed by atoms with Gasteiger partial charge in [0.2, 0.25) is 10.0 Å². The summed E-state index contributed by atoms with van der Waals surface area (Å²) in [7, 11) is -1.78. The van der Waals surface area contributed by atoms with Gasteiger partial charge >= 0.3 is 0 Å². The van der Waals surface area contributed by atoms with E-state index in [0.29, 0.717) is 18.0 Å². The van der Waals surface area contributed by atoms with E-state index in [1.807, 2.05) is 18.2 Å². The number of nitrogens with one attached hydrogen (secondary N) is 1. The lowest BCUT2D eigenvalue weighted by Gasteiger charge is -2.24. The van der Waals surface area contributed by atoms with E-state index in [4.69, 9.17) is 10.5 Å². The number of nitrogens with two attached hydrogens (primary N) is 1. The van der Waals surface area contributed by atoms with Gasteiger partial charge in [-0.2, -0.15) is 0 Å².